The summed E-state index contributed by atoms with van der Waals surface area (Å²) in [4.78, 5) is 14.2. The maximum atomic E-state index is 13.3. The molecule has 1 aliphatic heterocycles. The second-order valence-corrected chi connectivity index (χ2v) is 11.2. The van der Waals surface area contributed by atoms with Crippen LogP contribution < -0.4 is 5.73 Å². The van der Waals surface area contributed by atoms with Crippen LogP contribution >= 0.6 is 12.6 Å². The highest BCUT2D eigenvalue weighted by atomic mass is 32.1. The van der Waals surface area contributed by atoms with Gasteiger partial charge in [-0.15, -0.1) is 25.8 Å². The van der Waals surface area contributed by atoms with Gasteiger partial charge in [0.1, 0.15) is 10.3 Å². The van der Waals surface area contributed by atoms with Crippen molar-refractivity contribution in [2.45, 2.75) is 36.5 Å². The normalized spacial score (nSPS) is 20.9. The van der Waals surface area contributed by atoms with E-state index in [4.69, 9.17) is 18.4 Å². The molecule has 37 heavy (non-hydrogen) atoms. The lowest BCUT2D eigenvalue weighted by molar-refractivity contribution is -0.123. The van der Waals surface area contributed by atoms with Gasteiger partial charge in [0.25, 0.3) is 0 Å². The van der Waals surface area contributed by atoms with Crippen molar-refractivity contribution in [1.29, 1.82) is 0 Å². The Morgan fingerprint density at radius 2 is 1.54 bits per heavy atom. The number of amides is 1. The lowest BCUT2D eigenvalue weighted by atomic mass is 9.64. The van der Waals surface area contributed by atoms with Gasteiger partial charge in [0.15, 0.2) is 0 Å². The molecule has 0 radical (unpaired) electrons. The first-order chi connectivity index (χ1) is 17.8. The van der Waals surface area contributed by atoms with E-state index in [1.807, 2.05) is 66.7 Å². The lowest BCUT2D eigenvalue weighted by Gasteiger charge is -2.38. The van der Waals surface area contributed by atoms with Crippen molar-refractivity contribution in [3.8, 4) is 0 Å². The van der Waals surface area contributed by atoms with Gasteiger partial charge in [-0.2, -0.15) is 0 Å². The third-order valence-electron chi connectivity index (χ3n) is 7.98. The first kappa shape index (κ1) is 27.2. The average molecular weight is 515 g/mol. The third kappa shape index (κ3) is 5.26. The molecule has 5 heteroatoms. The van der Waals surface area contributed by atoms with Crippen LogP contribution in [-0.2, 0) is 28.0 Å². The Morgan fingerprint density at radius 3 is 2.11 bits per heavy atom. The zero-order valence-corrected chi connectivity index (χ0v) is 22.5. The summed E-state index contributed by atoms with van der Waals surface area (Å²) in [5.41, 5.74) is 10.7. The molecule has 1 amide bonds. The second kappa shape index (κ2) is 11.3. The summed E-state index contributed by atoms with van der Waals surface area (Å²) in [6.07, 6.45) is 2.95. The molecule has 1 saturated heterocycles. The molecule has 5 rings (SSSR count). The number of nitrogens with two attached hydrogens (primary N) is 1. The number of hydrogen-bond donors (Lipinski definition) is 3. The van der Waals surface area contributed by atoms with E-state index in [1.54, 1.807) is 0 Å². The smallest absolute Gasteiger partial charge is 0.232 e. The van der Waals surface area contributed by atoms with Crippen LogP contribution in [0.15, 0.2) is 92.0 Å². The molecule has 0 spiro atoms. The summed E-state index contributed by atoms with van der Waals surface area (Å²) in [6, 6.07) is 26.1. The maximum absolute atomic E-state index is 13.3. The number of benzene rings is 3. The Labute approximate surface area is 226 Å². The highest BCUT2D eigenvalue weighted by Crippen LogP contribution is 2.44. The van der Waals surface area contributed by atoms with Gasteiger partial charge in [-0.3, -0.25) is 9.69 Å². The molecule has 1 heterocycles. The van der Waals surface area contributed by atoms with E-state index in [9.17, 15) is 9.90 Å². The molecule has 3 aromatic carbocycles. The fraction of sp³-hybridized carbons (Fsp3) is 0.344. The monoisotopic (exact) mass is 514 g/mol. The summed E-state index contributed by atoms with van der Waals surface area (Å²) >= 11 is 4.72. The Morgan fingerprint density at radius 1 is 0.973 bits per heavy atom. The number of carbonyl (C=O) groups excluding carboxylic acids is 1. The number of thiol groups is 1. The molecule has 4 nitrogen and oxygen atoms in total. The Hall–Kier alpha value is -2.86. The van der Waals surface area contributed by atoms with Crippen molar-refractivity contribution < 1.29 is 9.90 Å². The van der Waals surface area contributed by atoms with Gasteiger partial charge in [0.2, 0.25) is 5.91 Å². The SMILES string of the molecule is C=C.CC1Cc2ccc(C(O)(S)CN3CCC(C(C(N)=O)(c4ccccc4)c4ccccc4)C3)cc2C1. The van der Waals surface area contributed by atoms with Crippen molar-refractivity contribution in [3.05, 3.63) is 120 Å². The fourth-order valence-corrected chi connectivity index (χ4v) is 6.68. The van der Waals surface area contributed by atoms with Gasteiger partial charge in [0, 0.05) is 13.1 Å². The van der Waals surface area contributed by atoms with Crippen molar-refractivity contribution in [2.75, 3.05) is 19.6 Å². The topological polar surface area (TPSA) is 66.6 Å². The number of likely N-dealkylation sites (tertiary alicyclic amines) is 1. The van der Waals surface area contributed by atoms with Crippen LogP contribution in [0.25, 0.3) is 0 Å². The molecule has 194 valence electrons. The van der Waals surface area contributed by atoms with Crippen LogP contribution in [0.4, 0.5) is 0 Å². The molecular weight excluding hydrogens is 476 g/mol. The molecule has 3 atom stereocenters. The van der Waals surface area contributed by atoms with E-state index < -0.39 is 10.3 Å². The van der Waals surface area contributed by atoms with Gasteiger partial charge < -0.3 is 10.8 Å². The molecule has 1 aliphatic carbocycles. The third-order valence-corrected chi connectivity index (χ3v) is 8.38. The molecule has 0 aromatic heterocycles. The first-order valence-electron chi connectivity index (χ1n) is 13.0. The molecular formula is C32H38N2O2S. The summed E-state index contributed by atoms with van der Waals surface area (Å²) < 4.78 is 0. The molecule has 2 aliphatic rings. The van der Waals surface area contributed by atoms with Gasteiger partial charge in [0.05, 0.1) is 0 Å². The van der Waals surface area contributed by atoms with Crippen LogP contribution in [0.2, 0.25) is 0 Å². The number of aliphatic hydroxyl groups is 1. The average Bonchev–Trinajstić information content (AvgIpc) is 3.51. The minimum Gasteiger partial charge on any atom is -0.374 e. The number of fused-ring (bicyclic) bond motifs is 1. The van der Waals surface area contributed by atoms with Crippen molar-refractivity contribution >= 4 is 18.5 Å². The molecule has 0 bridgehead atoms. The van der Waals surface area contributed by atoms with Crippen molar-refractivity contribution in [1.82, 2.24) is 4.90 Å². The molecule has 3 unspecified atom stereocenters. The van der Waals surface area contributed by atoms with E-state index >= 15 is 0 Å². The van der Waals surface area contributed by atoms with Crippen LogP contribution in [0, 0.1) is 11.8 Å². The maximum Gasteiger partial charge on any atom is 0.232 e. The zero-order chi connectivity index (χ0) is 26.6. The number of β-amino-alcohol motifs (C(OH)–C–C–N with tert-alkyl or cyclic N) is 1. The molecule has 1 fully saturated rings. The standard InChI is InChI=1S/C30H34N2O2S.C2H4/c1-21-16-22-12-13-26(18-23(22)17-21)29(34,35)20-32-15-14-27(19-32)30(28(31)33,24-8-4-2-5-9-24)25-10-6-3-7-11-25;1-2/h2-13,18,21,27,34-35H,14-17,19-20H2,1H3,(H2,31,33);1-2H2. The number of rotatable bonds is 7. The molecule has 3 aromatic rings. The minimum atomic E-state index is -1.27. The number of carbonyl (C=O) groups is 1. The summed E-state index contributed by atoms with van der Waals surface area (Å²) in [7, 11) is 0. The van der Waals surface area contributed by atoms with Gasteiger partial charge in [-0.25, -0.2) is 0 Å². The fourth-order valence-electron chi connectivity index (χ4n) is 6.35. The Bertz CT molecular complexity index is 1170. The molecule has 3 N–H and O–H groups in total. The summed E-state index contributed by atoms with van der Waals surface area (Å²) in [5.74, 6) is 0.288. The van der Waals surface area contributed by atoms with Gasteiger partial charge >= 0.3 is 0 Å². The quantitative estimate of drug-likeness (QED) is 0.234. The first-order valence-corrected chi connectivity index (χ1v) is 13.5. The van der Waals surface area contributed by atoms with Crippen molar-refractivity contribution in [3.63, 3.8) is 0 Å². The van der Waals surface area contributed by atoms with E-state index in [-0.39, 0.29) is 11.8 Å². The van der Waals surface area contributed by atoms with Crippen LogP contribution in [0.1, 0.15) is 41.2 Å². The Balaban J connectivity index is 0.00000156. The van der Waals surface area contributed by atoms with E-state index in [1.165, 1.54) is 11.1 Å². The highest BCUT2D eigenvalue weighted by molar-refractivity contribution is 7.81. The van der Waals surface area contributed by atoms with E-state index in [0.717, 1.165) is 42.5 Å². The zero-order valence-electron chi connectivity index (χ0n) is 21.6. The molecule has 0 saturated carbocycles. The Kier molecular flexibility index (Phi) is 8.27. The van der Waals surface area contributed by atoms with Crippen LogP contribution in [0.5, 0.6) is 0 Å². The highest BCUT2D eigenvalue weighted by Gasteiger charge is 2.50. The van der Waals surface area contributed by atoms with Crippen LogP contribution in [-0.4, -0.2) is 35.5 Å². The largest absolute Gasteiger partial charge is 0.374 e. The van der Waals surface area contributed by atoms with Crippen LogP contribution in [0.3, 0.4) is 0 Å². The van der Waals surface area contributed by atoms with Gasteiger partial charge in [-0.05, 0) is 65.5 Å². The van der Waals surface area contributed by atoms with E-state index in [2.05, 4.69) is 37.1 Å². The summed E-state index contributed by atoms with van der Waals surface area (Å²) in [6.45, 7) is 10.1. The number of primary amides is 1. The minimum absolute atomic E-state index is 0.0187. The predicted octanol–water partition coefficient (Wildman–Crippen LogP) is 5.09. The predicted molar refractivity (Wildman–Crippen MR) is 155 cm³/mol. The van der Waals surface area contributed by atoms with Gasteiger partial charge in [-0.1, -0.05) is 85.8 Å². The van der Waals surface area contributed by atoms with E-state index in [0.29, 0.717) is 19.0 Å². The lowest BCUT2D eigenvalue weighted by Crippen LogP contribution is -2.49. The number of hydrogen-bond acceptors (Lipinski definition) is 4. The number of nitrogens with zero attached hydrogens (tertiary/aromatic N) is 1. The summed E-state index contributed by atoms with van der Waals surface area (Å²) in [5, 5.41) is 11.4. The second-order valence-electron chi connectivity index (χ2n) is 10.4. The van der Waals surface area contributed by atoms with Crippen molar-refractivity contribution in [2.24, 2.45) is 17.6 Å².